The molecule has 0 saturated heterocycles. The molecule has 0 aliphatic carbocycles. The SMILES string of the molecule is CCNCC(C)S(=O)(=O)Nc1nnc(CC(C)C)s1. The van der Waals surface area contributed by atoms with Gasteiger partial charge < -0.3 is 5.32 Å². The van der Waals surface area contributed by atoms with Crippen LogP contribution < -0.4 is 10.0 Å². The Balaban J connectivity index is 2.65. The average Bonchev–Trinajstić information content (AvgIpc) is 2.71. The molecule has 0 aromatic carbocycles. The molecule has 1 aromatic heterocycles. The summed E-state index contributed by atoms with van der Waals surface area (Å²) >= 11 is 1.30. The largest absolute Gasteiger partial charge is 0.316 e. The zero-order chi connectivity index (χ0) is 14.5. The average molecular weight is 306 g/mol. The van der Waals surface area contributed by atoms with Gasteiger partial charge in [0.25, 0.3) is 0 Å². The van der Waals surface area contributed by atoms with E-state index in [4.69, 9.17) is 0 Å². The molecule has 0 fully saturated rings. The molecule has 19 heavy (non-hydrogen) atoms. The van der Waals surface area contributed by atoms with E-state index >= 15 is 0 Å². The molecule has 1 rings (SSSR count). The van der Waals surface area contributed by atoms with Gasteiger partial charge in [-0.3, -0.25) is 4.72 Å². The van der Waals surface area contributed by atoms with Crippen molar-refractivity contribution in [3.63, 3.8) is 0 Å². The zero-order valence-corrected chi connectivity index (χ0v) is 13.4. The molecule has 0 amide bonds. The molecule has 8 heteroatoms. The van der Waals surface area contributed by atoms with Crippen molar-refractivity contribution in [2.45, 2.75) is 39.4 Å². The highest BCUT2D eigenvalue weighted by Crippen LogP contribution is 2.20. The van der Waals surface area contributed by atoms with Crippen molar-refractivity contribution in [3.05, 3.63) is 5.01 Å². The van der Waals surface area contributed by atoms with Crippen molar-refractivity contribution >= 4 is 26.5 Å². The second kappa shape index (κ2) is 7.16. The fourth-order valence-electron chi connectivity index (χ4n) is 1.41. The van der Waals surface area contributed by atoms with E-state index in [1.165, 1.54) is 11.3 Å². The lowest BCUT2D eigenvalue weighted by atomic mass is 10.1. The Morgan fingerprint density at radius 2 is 1.95 bits per heavy atom. The van der Waals surface area contributed by atoms with Gasteiger partial charge in [-0.1, -0.05) is 32.1 Å². The second-order valence-corrected chi connectivity index (χ2v) is 8.03. The van der Waals surface area contributed by atoms with E-state index in [0.717, 1.165) is 18.0 Å². The van der Waals surface area contributed by atoms with Crippen molar-refractivity contribution in [1.29, 1.82) is 0 Å². The molecule has 0 saturated carbocycles. The molecule has 0 aliphatic heterocycles. The quantitative estimate of drug-likeness (QED) is 0.760. The van der Waals surface area contributed by atoms with E-state index in [0.29, 0.717) is 17.6 Å². The van der Waals surface area contributed by atoms with Crippen molar-refractivity contribution in [1.82, 2.24) is 15.5 Å². The number of anilines is 1. The lowest BCUT2D eigenvalue weighted by Crippen LogP contribution is -2.34. The van der Waals surface area contributed by atoms with Gasteiger partial charge in [0.15, 0.2) is 0 Å². The maximum atomic E-state index is 12.0. The smallest absolute Gasteiger partial charge is 0.238 e. The first-order valence-corrected chi connectivity index (χ1v) is 8.76. The first-order valence-electron chi connectivity index (χ1n) is 6.39. The van der Waals surface area contributed by atoms with Crippen LogP contribution in [0, 0.1) is 5.92 Å². The van der Waals surface area contributed by atoms with Crippen molar-refractivity contribution < 1.29 is 8.42 Å². The summed E-state index contributed by atoms with van der Waals surface area (Å²) < 4.78 is 26.5. The third kappa shape index (κ3) is 5.42. The van der Waals surface area contributed by atoms with Crippen LogP contribution >= 0.6 is 11.3 Å². The van der Waals surface area contributed by atoms with Crippen LogP contribution in [0.3, 0.4) is 0 Å². The molecular weight excluding hydrogens is 284 g/mol. The standard InChI is InChI=1S/C11H22N4O2S2/c1-5-12-7-9(4)19(16,17)15-11-14-13-10(18-11)6-8(2)3/h8-9,12H,5-7H2,1-4H3,(H,14,15). The van der Waals surface area contributed by atoms with Gasteiger partial charge in [0, 0.05) is 13.0 Å². The Kier molecular flexibility index (Phi) is 6.15. The summed E-state index contributed by atoms with van der Waals surface area (Å²) in [5, 5.41) is 11.6. The van der Waals surface area contributed by atoms with E-state index in [9.17, 15) is 8.42 Å². The number of hydrogen-bond acceptors (Lipinski definition) is 6. The number of rotatable bonds is 8. The van der Waals surface area contributed by atoms with E-state index in [1.54, 1.807) is 6.92 Å². The van der Waals surface area contributed by atoms with Crippen LogP contribution in [0.25, 0.3) is 0 Å². The number of hydrogen-bond donors (Lipinski definition) is 2. The van der Waals surface area contributed by atoms with Crippen LogP contribution in [0.1, 0.15) is 32.7 Å². The molecule has 1 unspecified atom stereocenters. The molecule has 1 aromatic rings. The van der Waals surface area contributed by atoms with E-state index < -0.39 is 15.3 Å². The summed E-state index contributed by atoms with van der Waals surface area (Å²) in [6.07, 6.45) is 0.812. The van der Waals surface area contributed by atoms with Gasteiger partial charge in [-0.25, -0.2) is 8.42 Å². The van der Waals surface area contributed by atoms with Gasteiger partial charge in [-0.05, 0) is 19.4 Å². The first kappa shape index (κ1) is 16.3. The van der Waals surface area contributed by atoms with Gasteiger partial charge in [0.2, 0.25) is 15.2 Å². The molecule has 110 valence electrons. The molecule has 1 heterocycles. The fourth-order valence-corrected chi connectivity index (χ4v) is 3.55. The summed E-state index contributed by atoms with van der Waals surface area (Å²) in [6, 6.07) is 0. The van der Waals surface area contributed by atoms with Gasteiger partial charge in [0.05, 0.1) is 5.25 Å². The number of aromatic nitrogens is 2. The Hall–Kier alpha value is -0.730. The summed E-state index contributed by atoms with van der Waals surface area (Å²) in [7, 11) is -3.41. The third-order valence-corrected chi connectivity index (χ3v) is 5.18. The topological polar surface area (TPSA) is 84.0 Å². The molecule has 1 atom stereocenters. The van der Waals surface area contributed by atoms with E-state index in [1.807, 2.05) is 6.92 Å². The minimum absolute atomic E-state index is 0.346. The van der Waals surface area contributed by atoms with Gasteiger partial charge in [-0.2, -0.15) is 0 Å². The van der Waals surface area contributed by atoms with Crippen molar-refractivity contribution in [2.75, 3.05) is 17.8 Å². The minimum atomic E-state index is -3.41. The maximum Gasteiger partial charge on any atom is 0.238 e. The Labute approximate surface area is 119 Å². The summed E-state index contributed by atoms with van der Waals surface area (Å²) in [6.45, 7) is 8.95. The van der Waals surface area contributed by atoms with E-state index in [2.05, 4.69) is 34.1 Å². The Morgan fingerprint density at radius 1 is 1.26 bits per heavy atom. The van der Waals surface area contributed by atoms with Crippen LogP contribution in [0.4, 0.5) is 5.13 Å². The number of sulfonamides is 1. The molecule has 2 N–H and O–H groups in total. The lowest BCUT2D eigenvalue weighted by molar-refractivity contribution is 0.579. The number of nitrogens with one attached hydrogen (secondary N) is 2. The monoisotopic (exact) mass is 306 g/mol. The summed E-state index contributed by atoms with van der Waals surface area (Å²) in [5.41, 5.74) is 0. The highest BCUT2D eigenvalue weighted by molar-refractivity contribution is 7.93. The molecule has 6 nitrogen and oxygen atoms in total. The molecule has 0 radical (unpaired) electrons. The Bertz CT molecular complexity index is 485. The molecule has 0 bridgehead atoms. The van der Waals surface area contributed by atoms with Crippen LogP contribution in [-0.4, -0.2) is 37.0 Å². The predicted octanol–water partition coefficient (Wildman–Crippen LogP) is 1.48. The van der Waals surface area contributed by atoms with Gasteiger partial charge >= 0.3 is 0 Å². The van der Waals surface area contributed by atoms with Gasteiger partial charge in [0.1, 0.15) is 5.01 Å². The summed E-state index contributed by atoms with van der Waals surface area (Å²) in [4.78, 5) is 0. The van der Waals surface area contributed by atoms with Crippen LogP contribution in [0.15, 0.2) is 0 Å². The molecular formula is C11H22N4O2S2. The van der Waals surface area contributed by atoms with E-state index in [-0.39, 0.29) is 0 Å². The number of nitrogens with zero attached hydrogens (tertiary/aromatic N) is 2. The molecule has 0 spiro atoms. The normalized spacial score (nSPS) is 13.7. The zero-order valence-electron chi connectivity index (χ0n) is 11.8. The lowest BCUT2D eigenvalue weighted by Gasteiger charge is -2.12. The second-order valence-electron chi connectivity index (χ2n) is 4.86. The van der Waals surface area contributed by atoms with Gasteiger partial charge in [-0.15, -0.1) is 10.2 Å². The molecule has 0 aliphatic rings. The highest BCUT2D eigenvalue weighted by Gasteiger charge is 2.21. The fraction of sp³-hybridized carbons (Fsp3) is 0.818. The highest BCUT2D eigenvalue weighted by atomic mass is 32.2. The van der Waals surface area contributed by atoms with Crippen molar-refractivity contribution in [2.24, 2.45) is 5.92 Å². The minimum Gasteiger partial charge on any atom is -0.316 e. The maximum absolute atomic E-state index is 12.0. The van der Waals surface area contributed by atoms with Crippen LogP contribution in [0.2, 0.25) is 0 Å². The summed E-state index contributed by atoms with van der Waals surface area (Å²) in [5.74, 6) is 0.477. The van der Waals surface area contributed by atoms with Crippen molar-refractivity contribution in [3.8, 4) is 0 Å². The Morgan fingerprint density at radius 3 is 2.53 bits per heavy atom. The first-order chi connectivity index (χ1) is 8.85. The van der Waals surface area contributed by atoms with Crippen LogP contribution in [0.5, 0.6) is 0 Å². The predicted molar refractivity (Wildman–Crippen MR) is 79.0 cm³/mol. The third-order valence-electron chi connectivity index (χ3n) is 2.49. The van der Waals surface area contributed by atoms with Crippen LogP contribution in [-0.2, 0) is 16.4 Å².